The van der Waals surface area contributed by atoms with E-state index >= 15 is 0 Å². The zero-order chi connectivity index (χ0) is 14.2. The molecule has 2 aliphatic heterocycles. The van der Waals surface area contributed by atoms with Crippen LogP contribution in [-0.4, -0.2) is 37.0 Å². The van der Waals surface area contributed by atoms with Gasteiger partial charge in [-0.3, -0.25) is 10.1 Å². The Balaban J connectivity index is 1.79. The molecule has 1 aromatic rings. The normalized spacial score (nSPS) is 21.4. The topological polar surface area (TPSA) is 64.8 Å². The highest BCUT2D eigenvalue weighted by molar-refractivity contribution is 14.1. The molecule has 0 radical (unpaired) electrons. The Bertz CT molecular complexity index is 521. The van der Waals surface area contributed by atoms with Crippen LogP contribution < -0.4 is 4.90 Å². The number of benzene rings is 1. The van der Waals surface area contributed by atoms with Gasteiger partial charge >= 0.3 is 0 Å². The minimum Gasteiger partial charge on any atom is -0.366 e. The van der Waals surface area contributed by atoms with Crippen LogP contribution in [0, 0.1) is 13.7 Å². The third-order valence-electron chi connectivity index (χ3n) is 3.81. The molecule has 0 bridgehead atoms. The number of ether oxygens (including phenoxy) is 2. The van der Waals surface area contributed by atoms with Gasteiger partial charge in [0.1, 0.15) is 5.69 Å². The minimum atomic E-state index is -0.450. The van der Waals surface area contributed by atoms with Gasteiger partial charge in [0.25, 0.3) is 5.69 Å². The van der Waals surface area contributed by atoms with Crippen LogP contribution in [0.1, 0.15) is 12.8 Å². The van der Waals surface area contributed by atoms with E-state index in [0.717, 1.165) is 16.4 Å². The van der Waals surface area contributed by atoms with E-state index in [-0.39, 0.29) is 10.6 Å². The largest absolute Gasteiger partial charge is 0.366 e. The number of nitrogens with zero attached hydrogens (tertiary/aromatic N) is 2. The van der Waals surface area contributed by atoms with Crippen molar-refractivity contribution in [3.05, 3.63) is 31.9 Å². The molecule has 2 fully saturated rings. The van der Waals surface area contributed by atoms with Gasteiger partial charge in [0, 0.05) is 35.6 Å². The lowest BCUT2D eigenvalue weighted by Crippen LogP contribution is -2.45. The number of hydrogen-bond donors (Lipinski definition) is 0. The molecule has 0 saturated carbocycles. The van der Waals surface area contributed by atoms with Crippen molar-refractivity contribution in [3.8, 4) is 0 Å². The Morgan fingerprint density at radius 2 is 1.90 bits per heavy atom. The van der Waals surface area contributed by atoms with Crippen molar-refractivity contribution in [3.63, 3.8) is 0 Å². The van der Waals surface area contributed by atoms with E-state index in [1.54, 1.807) is 6.07 Å². The lowest BCUT2D eigenvalue weighted by Gasteiger charge is -2.38. The highest BCUT2D eigenvalue weighted by atomic mass is 127. The summed E-state index contributed by atoms with van der Waals surface area (Å²) < 4.78 is 12.2. The Hall–Kier alpha value is -0.930. The third-order valence-corrected chi connectivity index (χ3v) is 4.48. The Morgan fingerprint density at radius 1 is 1.25 bits per heavy atom. The van der Waals surface area contributed by atoms with Crippen LogP contribution in [0.3, 0.4) is 0 Å². The smallest absolute Gasteiger partial charge is 0.293 e. The van der Waals surface area contributed by atoms with E-state index < -0.39 is 5.79 Å². The van der Waals surface area contributed by atoms with Crippen molar-refractivity contribution in [2.45, 2.75) is 18.6 Å². The molecule has 20 heavy (non-hydrogen) atoms. The predicted molar refractivity (Wildman–Crippen MR) is 81.9 cm³/mol. The van der Waals surface area contributed by atoms with Gasteiger partial charge in [-0.15, -0.1) is 0 Å². The average molecular weight is 390 g/mol. The van der Waals surface area contributed by atoms with Gasteiger partial charge < -0.3 is 14.4 Å². The molecule has 0 amide bonds. The van der Waals surface area contributed by atoms with E-state index in [1.807, 2.05) is 17.0 Å². The number of halogens is 1. The summed E-state index contributed by atoms with van der Waals surface area (Å²) >= 11 is 2.09. The maximum Gasteiger partial charge on any atom is 0.293 e. The summed E-state index contributed by atoms with van der Waals surface area (Å²) in [7, 11) is 0. The molecule has 0 aromatic heterocycles. The van der Waals surface area contributed by atoms with Crippen LogP contribution in [0.2, 0.25) is 0 Å². The molecule has 2 heterocycles. The summed E-state index contributed by atoms with van der Waals surface area (Å²) in [5, 5.41) is 11.2. The molecule has 108 valence electrons. The summed E-state index contributed by atoms with van der Waals surface area (Å²) in [5.41, 5.74) is 0.851. The molecule has 1 aromatic carbocycles. The fourth-order valence-electron chi connectivity index (χ4n) is 2.78. The number of anilines is 1. The van der Waals surface area contributed by atoms with Crippen LogP contribution in [0.15, 0.2) is 18.2 Å². The average Bonchev–Trinajstić information content (AvgIpc) is 2.88. The molecule has 3 rings (SSSR count). The number of hydrogen-bond acceptors (Lipinski definition) is 5. The van der Waals surface area contributed by atoms with Crippen LogP contribution in [-0.2, 0) is 9.47 Å². The van der Waals surface area contributed by atoms with Crippen LogP contribution in [0.5, 0.6) is 0 Å². The standard InChI is InChI=1S/C13H15IN2O4/c14-10-1-2-11(12(9-10)16(17)18)15-5-3-13(4-6-15)19-7-8-20-13/h1-2,9H,3-8H2. The molecule has 1 spiro atoms. The Labute approximate surface area is 130 Å². The molecular weight excluding hydrogens is 375 g/mol. The van der Waals surface area contributed by atoms with E-state index in [1.165, 1.54) is 0 Å². The first kappa shape index (κ1) is 14.0. The van der Waals surface area contributed by atoms with Gasteiger partial charge in [0.05, 0.1) is 18.1 Å². The van der Waals surface area contributed by atoms with E-state index in [9.17, 15) is 10.1 Å². The van der Waals surface area contributed by atoms with Crippen molar-refractivity contribution in [1.82, 2.24) is 0 Å². The van der Waals surface area contributed by atoms with E-state index in [0.29, 0.717) is 32.0 Å². The summed E-state index contributed by atoms with van der Waals surface area (Å²) in [6.45, 7) is 2.70. The zero-order valence-corrected chi connectivity index (χ0v) is 13.0. The maximum absolute atomic E-state index is 11.2. The van der Waals surface area contributed by atoms with Gasteiger partial charge in [0.15, 0.2) is 5.79 Å². The second-order valence-electron chi connectivity index (χ2n) is 4.98. The fourth-order valence-corrected chi connectivity index (χ4v) is 3.26. The van der Waals surface area contributed by atoms with Crippen LogP contribution in [0.25, 0.3) is 0 Å². The summed E-state index contributed by atoms with van der Waals surface area (Å²) in [4.78, 5) is 12.9. The van der Waals surface area contributed by atoms with Crippen molar-refractivity contribution in [2.75, 3.05) is 31.2 Å². The van der Waals surface area contributed by atoms with Crippen molar-refractivity contribution < 1.29 is 14.4 Å². The quantitative estimate of drug-likeness (QED) is 0.441. The molecule has 0 aliphatic carbocycles. The Morgan fingerprint density at radius 3 is 2.50 bits per heavy atom. The van der Waals surface area contributed by atoms with Gasteiger partial charge in [-0.25, -0.2) is 0 Å². The van der Waals surface area contributed by atoms with E-state index in [2.05, 4.69) is 22.6 Å². The number of piperidine rings is 1. The predicted octanol–water partition coefficient (Wildman–Crippen LogP) is 2.54. The number of nitro groups is 1. The van der Waals surface area contributed by atoms with Crippen molar-refractivity contribution in [1.29, 1.82) is 0 Å². The van der Waals surface area contributed by atoms with Gasteiger partial charge in [-0.05, 0) is 34.7 Å². The number of rotatable bonds is 2. The molecule has 0 atom stereocenters. The fraction of sp³-hybridized carbons (Fsp3) is 0.538. The lowest BCUT2D eigenvalue weighted by molar-refractivity contribution is -0.384. The highest BCUT2D eigenvalue weighted by Gasteiger charge is 2.40. The number of nitro benzene ring substituents is 1. The first-order chi connectivity index (χ1) is 9.60. The SMILES string of the molecule is O=[N+]([O-])c1cc(I)ccc1N1CCC2(CC1)OCCO2. The highest BCUT2D eigenvalue weighted by Crippen LogP contribution is 2.36. The summed E-state index contributed by atoms with van der Waals surface area (Å²) in [6.07, 6.45) is 1.49. The Kier molecular flexibility index (Phi) is 3.83. The van der Waals surface area contributed by atoms with Gasteiger partial charge in [-0.2, -0.15) is 0 Å². The minimum absolute atomic E-state index is 0.168. The molecule has 2 saturated heterocycles. The second kappa shape index (κ2) is 5.45. The summed E-state index contributed by atoms with van der Waals surface area (Å²) in [5.74, 6) is -0.450. The molecule has 0 unspecified atom stereocenters. The molecule has 7 heteroatoms. The molecule has 0 N–H and O–H groups in total. The first-order valence-corrected chi connectivity index (χ1v) is 7.64. The van der Waals surface area contributed by atoms with E-state index in [4.69, 9.17) is 9.47 Å². The van der Waals surface area contributed by atoms with Crippen LogP contribution in [0.4, 0.5) is 11.4 Å². The molecule has 6 nitrogen and oxygen atoms in total. The van der Waals surface area contributed by atoms with Gasteiger partial charge in [-0.1, -0.05) is 0 Å². The first-order valence-electron chi connectivity index (χ1n) is 6.56. The zero-order valence-electron chi connectivity index (χ0n) is 10.9. The second-order valence-corrected chi connectivity index (χ2v) is 6.23. The third kappa shape index (κ3) is 2.61. The lowest BCUT2D eigenvalue weighted by atomic mass is 10.0. The van der Waals surface area contributed by atoms with Crippen LogP contribution >= 0.6 is 22.6 Å². The summed E-state index contributed by atoms with van der Waals surface area (Å²) in [6, 6.07) is 5.34. The molecular formula is C13H15IN2O4. The monoisotopic (exact) mass is 390 g/mol. The molecule has 2 aliphatic rings. The van der Waals surface area contributed by atoms with Gasteiger partial charge in [0.2, 0.25) is 0 Å². The maximum atomic E-state index is 11.2. The van der Waals surface area contributed by atoms with Crippen molar-refractivity contribution in [2.24, 2.45) is 0 Å². The van der Waals surface area contributed by atoms with Crippen molar-refractivity contribution >= 4 is 34.0 Å².